The summed E-state index contributed by atoms with van der Waals surface area (Å²) in [6, 6.07) is 6.55. The van der Waals surface area contributed by atoms with E-state index in [4.69, 9.17) is 11.6 Å². The highest BCUT2D eigenvalue weighted by atomic mass is 35.5. The number of nitrogens with zero attached hydrogens (tertiary/aromatic N) is 4. The van der Waals surface area contributed by atoms with E-state index < -0.39 is 54.0 Å². The summed E-state index contributed by atoms with van der Waals surface area (Å²) in [6.45, 7) is 0. The van der Waals surface area contributed by atoms with Crippen LogP contribution in [0.5, 0.6) is 0 Å². The quantitative estimate of drug-likeness (QED) is 0.479. The van der Waals surface area contributed by atoms with Gasteiger partial charge in [-0.3, -0.25) is 4.79 Å². The van der Waals surface area contributed by atoms with Crippen LogP contribution in [0.15, 0.2) is 48.8 Å². The van der Waals surface area contributed by atoms with Gasteiger partial charge in [0.05, 0.1) is 29.6 Å². The SMILES string of the molecule is O=C(NC(c1ccccc1Cl)C1(O)CCC(F)(F)CC1)c1ccc(C(F)(F)F)nc1-n1nccn1. The van der Waals surface area contributed by atoms with E-state index in [1.165, 1.54) is 24.5 Å². The average Bonchev–Trinajstić information content (AvgIpc) is 3.34. The van der Waals surface area contributed by atoms with Gasteiger partial charge in [-0.2, -0.15) is 23.4 Å². The van der Waals surface area contributed by atoms with E-state index in [1.54, 1.807) is 12.1 Å². The van der Waals surface area contributed by atoms with Crippen molar-refractivity contribution in [3.8, 4) is 5.82 Å². The average molecular weight is 516 g/mol. The summed E-state index contributed by atoms with van der Waals surface area (Å²) in [7, 11) is 0. The highest BCUT2D eigenvalue weighted by molar-refractivity contribution is 6.31. The number of aliphatic hydroxyl groups is 1. The number of halogens is 6. The Balaban J connectivity index is 1.74. The molecule has 3 aromatic rings. The fourth-order valence-corrected chi connectivity index (χ4v) is 4.26. The van der Waals surface area contributed by atoms with Crippen molar-refractivity contribution < 1.29 is 31.9 Å². The van der Waals surface area contributed by atoms with E-state index in [2.05, 4.69) is 20.5 Å². The molecule has 4 rings (SSSR count). The summed E-state index contributed by atoms with van der Waals surface area (Å²) in [5.74, 6) is -4.38. The lowest BCUT2D eigenvalue weighted by atomic mass is 9.75. The number of pyridine rings is 1. The van der Waals surface area contributed by atoms with E-state index in [0.29, 0.717) is 6.07 Å². The monoisotopic (exact) mass is 515 g/mol. The maximum atomic E-state index is 13.8. The molecule has 13 heteroatoms. The van der Waals surface area contributed by atoms with Gasteiger partial charge >= 0.3 is 6.18 Å². The molecule has 1 atom stereocenters. The fourth-order valence-electron chi connectivity index (χ4n) is 4.02. The molecule has 1 saturated carbocycles. The Morgan fingerprint density at radius 3 is 2.29 bits per heavy atom. The molecule has 0 bridgehead atoms. The lowest BCUT2D eigenvalue weighted by molar-refractivity contribution is -0.141. The molecule has 1 aliphatic rings. The summed E-state index contributed by atoms with van der Waals surface area (Å²) in [4.78, 5) is 17.6. The third-order valence-electron chi connectivity index (χ3n) is 5.89. The molecule has 1 unspecified atom stereocenters. The lowest BCUT2D eigenvalue weighted by Crippen LogP contribution is -2.50. The summed E-state index contributed by atoms with van der Waals surface area (Å²) >= 11 is 6.30. The van der Waals surface area contributed by atoms with Crippen LogP contribution in [0.3, 0.4) is 0 Å². The molecule has 0 aliphatic heterocycles. The van der Waals surface area contributed by atoms with Gasteiger partial charge in [-0.15, -0.1) is 4.80 Å². The second-order valence-electron chi connectivity index (χ2n) is 8.27. The molecule has 35 heavy (non-hydrogen) atoms. The predicted molar refractivity (Wildman–Crippen MR) is 114 cm³/mol. The summed E-state index contributed by atoms with van der Waals surface area (Å²) in [5, 5.41) is 21.6. The highest BCUT2D eigenvalue weighted by Gasteiger charge is 2.48. The van der Waals surface area contributed by atoms with Crippen LogP contribution in [0.25, 0.3) is 5.82 Å². The Kier molecular flexibility index (Phi) is 6.54. The molecule has 186 valence electrons. The van der Waals surface area contributed by atoms with Crippen molar-refractivity contribution in [2.45, 2.75) is 49.4 Å². The Morgan fingerprint density at radius 1 is 1.06 bits per heavy atom. The highest BCUT2D eigenvalue weighted by Crippen LogP contribution is 2.45. The number of hydrogen-bond donors (Lipinski definition) is 2. The zero-order chi connectivity index (χ0) is 25.4. The lowest BCUT2D eigenvalue weighted by Gasteiger charge is -2.42. The second kappa shape index (κ2) is 9.15. The van der Waals surface area contributed by atoms with Gasteiger partial charge in [0.25, 0.3) is 5.91 Å². The van der Waals surface area contributed by atoms with E-state index >= 15 is 0 Å². The molecule has 2 heterocycles. The van der Waals surface area contributed by atoms with E-state index in [0.717, 1.165) is 10.9 Å². The minimum Gasteiger partial charge on any atom is -0.387 e. The molecule has 1 aliphatic carbocycles. The molecule has 1 fully saturated rings. The summed E-state index contributed by atoms with van der Waals surface area (Å²) < 4.78 is 67.4. The van der Waals surface area contributed by atoms with Gasteiger partial charge in [-0.1, -0.05) is 29.8 Å². The predicted octanol–water partition coefficient (Wildman–Crippen LogP) is 4.75. The van der Waals surface area contributed by atoms with E-state index in [-0.39, 0.29) is 29.0 Å². The van der Waals surface area contributed by atoms with Gasteiger partial charge in [0.2, 0.25) is 5.92 Å². The maximum Gasteiger partial charge on any atom is 0.433 e. The minimum absolute atomic E-state index is 0.170. The van der Waals surface area contributed by atoms with Gasteiger partial charge in [-0.05, 0) is 36.6 Å². The van der Waals surface area contributed by atoms with Gasteiger partial charge in [0, 0.05) is 17.9 Å². The van der Waals surface area contributed by atoms with E-state index in [9.17, 15) is 31.9 Å². The molecule has 7 nitrogen and oxygen atoms in total. The number of aromatic nitrogens is 4. The van der Waals surface area contributed by atoms with Gasteiger partial charge in [-0.25, -0.2) is 13.8 Å². The van der Waals surface area contributed by atoms with Crippen LogP contribution in [-0.2, 0) is 6.18 Å². The molecule has 0 radical (unpaired) electrons. The number of carbonyl (C=O) groups excluding carboxylic acids is 1. The van der Waals surface area contributed by atoms with Gasteiger partial charge in [0.1, 0.15) is 5.69 Å². The third-order valence-corrected chi connectivity index (χ3v) is 6.24. The van der Waals surface area contributed by atoms with Crippen molar-refractivity contribution >= 4 is 17.5 Å². The van der Waals surface area contributed by atoms with Crippen molar-refractivity contribution in [2.24, 2.45) is 0 Å². The van der Waals surface area contributed by atoms with Crippen LogP contribution in [0.4, 0.5) is 22.0 Å². The summed E-state index contributed by atoms with van der Waals surface area (Å²) in [6.07, 6.45) is -4.29. The Labute approximate surface area is 200 Å². The molecular formula is C22H19ClF5N5O2. The normalized spacial score (nSPS) is 18.1. The molecule has 1 aromatic carbocycles. The molecular weight excluding hydrogens is 497 g/mol. The first kappa shape index (κ1) is 25.0. The Hall–Kier alpha value is -3.12. The second-order valence-corrected chi connectivity index (χ2v) is 8.68. The number of benzene rings is 1. The number of carbonyl (C=O) groups is 1. The first-order valence-electron chi connectivity index (χ1n) is 10.5. The number of rotatable bonds is 5. The smallest absolute Gasteiger partial charge is 0.387 e. The number of hydrogen-bond acceptors (Lipinski definition) is 5. The number of nitrogens with one attached hydrogen (secondary N) is 1. The Morgan fingerprint density at radius 2 is 1.69 bits per heavy atom. The molecule has 0 saturated heterocycles. The minimum atomic E-state index is -4.79. The first-order valence-corrected chi connectivity index (χ1v) is 10.9. The number of amides is 1. The molecule has 2 N–H and O–H groups in total. The molecule has 1 amide bonds. The molecule has 0 spiro atoms. The fraction of sp³-hybridized carbons (Fsp3) is 0.364. The van der Waals surface area contributed by atoms with Crippen LogP contribution in [0.1, 0.15) is 53.3 Å². The maximum absolute atomic E-state index is 13.8. The van der Waals surface area contributed by atoms with Crippen molar-refractivity contribution in [1.29, 1.82) is 0 Å². The van der Waals surface area contributed by atoms with Crippen LogP contribution in [-0.4, -0.2) is 42.5 Å². The van der Waals surface area contributed by atoms with Crippen LogP contribution in [0, 0.1) is 0 Å². The standard InChI is InChI=1S/C22H19ClF5N5O2/c23-15-4-2-1-3-13(15)17(20(35)7-9-21(24,25)10-8-20)32-19(34)14-5-6-16(22(26,27)28)31-18(14)33-29-11-12-30-33/h1-6,11-12,17,35H,7-10H2,(H,32,34). The van der Waals surface area contributed by atoms with Gasteiger partial charge in [0.15, 0.2) is 5.82 Å². The van der Waals surface area contributed by atoms with Crippen LogP contribution in [0.2, 0.25) is 5.02 Å². The summed E-state index contributed by atoms with van der Waals surface area (Å²) in [5.41, 5.74) is -3.10. The van der Waals surface area contributed by atoms with Crippen LogP contribution >= 0.6 is 11.6 Å². The van der Waals surface area contributed by atoms with Crippen molar-refractivity contribution in [2.75, 3.05) is 0 Å². The van der Waals surface area contributed by atoms with Crippen molar-refractivity contribution in [3.05, 3.63) is 70.6 Å². The van der Waals surface area contributed by atoms with Crippen molar-refractivity contribution in [1.82, 2.24) is 25.3 Å². The van der Waals surface area contributed by atoms with Gasteiger partial charge < -0.3 is 10.4 Å². The zero-order valence-electron chi connectivity index (χ0n) is 17.9. The number of alkyl halides is 5. The third kappa shape index (κ3) is 5.27. The first-order chi connectivity index (χ1) is 16.4. The van der Waals surface area contributed by atoms with E-state index in [1.807, 2.05) is 0 Å². The van der Waals surface area contributed by atoms with Crippen molar-refractivity contribution in [3.63, 3.8) is 0 Å². The zero-order valence-corrected chi connectivity index (χ0v) is 18.7. The topological polar surface area (TPSA) is 92.9 Å². The van der Waals surface area contributed by atoms with Crippen LogP contribution < -0.4 is 5.32 Å². The molecule has 2 aromatic heterocycles. The Bertz CT molecular complexity index is 1210. The largest absolute Gasteiger partial charge is 0.433 e.